The van der Waals surface area contributed by atoms with Crippen LogP contribution in [0.25, 0.3) is 33.2 Å². The third-order valence-electron chi connectivity index (χ3n) is 3.99. The maximum absolute atomic E-state index is 14.6. The lowest BCUT2D eigenvalue weighted by Gasteiger charge is -2.11. The molecule has 0 bridgehead atoms. The fourth-order valence-corrected chi connectivity index (χ4v) is 2.87. The molecule has 2 aromatic carbocycles. The number of aryl methyl sites for hydroxylation is 1. The molecule has 0 aliphatic heterocycles. The molecular formula is C18H14FN3O. The summed E-state index contributed by atoms with van der Waals surface area (Å²) in [5, 5.41) is 8.17. The Balaban J connectivity index is 2.01. The zero-order chi connectivity index (χ0) is 16.0. The highest BCUT2D eigenvalue weighted by Crippen LogP contribution is 2.37. The second kappa shape index (κ2) is 4.98. The smallest absolute Gasteiger partial charge is 0.133 e. The highest BCUT2D eigenvalue weighted by molar-refractivity contribution is 5.91. The number of halogens is 1. The Labute approximate surface area is 131 Å². The number of rotatable bonds is 2. The molecule has 114 valence electrons. The molecule has 0 saturated heterocycles. The molecule has 4 nitrogen and oxygen atoms in total. The number of H-pyrrole nitrogens is 1. The van der Waals surface area contributed by atoms with Gasteiger partial charge in [-0.15, -0.1) is 0 Å². The van der Waals surface area contributed by atoms with Gasteiger partial charge in [-0.3, -0.25) is 5.10 Å². The molecule has 5 heteroatoms. The van der Waals surface area contributed by atoms with Gasteiger partial charge in [-0.05, 0) is 48.4 Å². The first-order chi connectivity index (χ1) is 11.1. The summed E-state index contributed by atoms with van der Waals surface area (Å²) in [6.07, 6.45) is 3.05. The Morgan fingerprint density at radius 3 is 2.78 bits per heavy atom. The number of furan rings is 1. The predicted molar refractivity (Wildman–Crippen MR) is 88.3 cm³/mol. The summed E-state index contributed by atoms with van der Waals surface area (Å²) < 4.78 is 19.7. The van der Waals surface area contributed by atoms with Crippen LogP contribution < -0.4 is 5.73 Å². The molecule has 0 atom stereocenters. The maximum Gasteiger partial charge on any atom is 0.133 e. The van der Waals surface area contributed by atoms with Crippen molar-refractivity contribution in [3.8, 4) is 22.3 Å². The van der Waals surface area contributed by atoms with E-state index in [0.717, 1.165) is 27.7 Å². The van der Waals surface area contributed by atoms with Crippen LogP contribution in [0.5, 0.6) is 0 Å². The zero-order valence-electron chi connectivity index (χ0n) is 12.4. The number of nitrogens with zero attached hydrogens (tertiary/aromatic N) is 1. The van der Waals surface area contributed by atoms with Crippen molar-refractivity contribution in [2.24, 2.45) is 0 Å². The average Bonchev–Trinajstić information content (AvgIpc) is 3.17. The van der Waals surface area contributed by atoms with Gasteiger partial charge in [0.05, 0.1) is 23.7 Å². The van der Waals surface area contributed by atoms with E-state index in [9.17, 15) is 4.39 Å². The molecule has 2 heterocycles. The van der Waals surface area contributed by atoms with E-state index in [1.54, 1.807) is 12.1 Å². The number of benzene rings is 2. The second-order valence-corrected chi connectivity index (χ2v) is 5.51. The summed E-state index contributed by atoms with van der Waals surface area (Å²) in [4.78, 5) is 0. The van der Waals surface area contributed by atoms with Gasteiger partial charge in [-0.25, -0.2) is 4.39 Å². The van der Waals surface area contributed by atoms with E-state index in [2.05, 4.69) is 10.2 Å². The lowest BCUT2D eigenvalue weighted by Crippen LogP contribution is -1.94. The molecule has 0 aliphatic carbocycles. The summed E-state index contributed by atoms with van der Waals surface area (Å²) in [6, 6.07) is 10.7. The van der Waals surface area contributed by atoms with Gasteiger partial charge in [0.15, 0.2) is 0 Å². The normalized spacial score (nSPS) is 11.2. The molecular weight excluding hydrogens is 293 g/mol. The van der Waals surface area contributed by atoms with Gasteiger partial charge in [0.1, 0.15) is 5.82 Å². The van der Waals surface area contributed by atoms with E-state index in [4.69, 9.17) is 10.2 Å². The number of aromatic nitrogens is 2. The Morgan fingerprint density at radius 1 is 1.13 bits per heavy atom. The van der Waals surface area contributed by atoms with Crippen molar-refractivity contribution in [2.45, 2.75) is 6.92 Å². The van der Waals surface area contributed by atoms with E-state index in [-0.39, 0.29) is 5.82 Å². The van der Waals surface area contributed by atoms with Gasteiger partial charge in [-0.1, -0.05) is 6.07 Å². The number of hydrogen-bond acceptors (Lipinski definition) is 3. The Morgan fingerprint density at radius 2 is 2.00 bits per heavy atom. The van der Waals surface area contributed by atoms with Crippen LogP contribution in [0.1, 0.15) is 5.69 Å². The van der Waals surface area contributed by atoms with Crippen molar-refractivity contribution in [3.63, 3.8) is 0 Å². The number of anilines is 1. The van der Waals surface area contributed by atoms with Crippen LogP contribution in [-0.4, -0.2) is 10.2 Å². The van der Waals surface area contributed by atoms with Crippen LogP contribution >= 0.6 is 0 Å². The van der Waals surface area contributed by atoms with Gasteiger partial charge in [0.2, 0.25) is 0 Å². The van der Waals surface area contributed by atoms with E-state index >= 15 is 0 Å². The molecule has 4 rings (SSSR count). The molecule has 0 spiro atoms. The number of aromatic amines is 1. The minimum Gasteiger partial charge on any atom is -0.472 e. The van der Waals surface area contributed by atoms with Gasteiger partial charge in [-0.2, -0.15) is 5.10 Å². The van der Waals surface area contributed by atoms with Crippen LogP contribution in [0.15, 0.2) is 53.3 Å². The minimum atomic E-state index is -0.370. The standard InChI is InChI=1S/C18H14FN3O/c1-10-14-6-11(2-3-17(14)22-21-10)15-7-13(20)8-16(19)18(15)12-4-5-23-9-12/h2-9H,20H2,1H3,(H,21,22). The molecule has 4 aromatic rings. The summed E-state index contributed by atoms with van der Waals surface area (Å²) in [5.74, 6) is -0.370. The first kappa shape index (κ1) is 13.6. The second-order valence-electron chi connectivity index (χ2n) is 5.51. The predicted octanol–water partition coefficient (Wildman–Crippen LogP) is 4.52. The molecule has 3 N–H and O–H groups in total. The maximum atomic E-state index is 14.6. The van der Waals surface area contributed by atoms with Gasteiger partial charge in [0.25, 0.3) is 0 Å². The van der Waals surface area contributed by atoms with E-state index in [1.807, 2.05) is 25.1 Å². The SMILES string of the molecule is Cc1n[nH]c2ccc(-c3cc(N)cc(F)c3-c3ccoc3)cc12. The van der Waals surface area contributed by atoms with Gasteiger partial charge < -0.3 is 10.2 Å². The molecule has 0 fully saturated rings. The van der Waals surface area contributed by atoms with E-state index < -0.39 is 0 Å². The fraction of sp³-hybridized carbons (Fsp3) is 0.0556. The first-order valence-electron chi connectivity index (χ1n) is 7.20. The summed E-state index contributed by atoms with van der Waals surface area (Å²) >= 11 is 0. The summed E-state index contributed by atoms with van der Waals surface area (Å²) in [7, 11) is 0. The molecule has 23 heavy (non-hydrogen) atoms. The molecule has 0 unspecified atom stereocenters. The number of nitrogens with two attached hydrogens (primary N) is 1. The Bertz CT molecular complexity index is 1000. The van der Waals surface area contributed by atoms with E-state index in [0.29, 0.717) is 16.8 Å². The van der Waals surface area contributed by atoms with Crippen LogP contribution in [-0.2, 0) is 0 Å². The Hall–Kier alpha value is -3.08. The van der Waals surface area contributed by atoms with Crippen LogP contribution in [0, 0.1) is 12.7 Å². The zero-order valence-corrected chi connectivity index (χ0v) is 12.4. The molecule has 0 saturated carbocycles. The van der Waals surface area contributed by atoms with Crippen LogP contribution in [0.3, 0.4) is 0 Å². The minimum absolute atomic E-state index is 0.370. The van der Waals surface area contributed by atoms with Gasteiger partial charge >= 0.3 is 0 Å². The number of nitrogen functional groups attached to an aromatic ring is 1. The van der Waals surface area contributed by atoms with Gasteiger partial charge in [0, 0.05) is 22.2 Å². The molecule has 0 radical (unpaired) electrons. The monoisotopic (exact) mass is 307 g/mol. The van der Waals surface area contributed by atoms with E-state index in [1.165, 1.54) is 18.6 Å². The van der Waals surface area contributed by atoms with Crippen molar-refractivity contribution in [2.75, 3.05) is 5.73 Å². The summed E-state index contributed by atoms with van der Waals surface area (Å²) in [6.45, 7) is 1.93. The Kier molecular flexibility index (Phi) is 2.94. The average molecular weight is 307 g/mol. The molecule has 2 aromatic heterocycles. The van der Waals surface area contributed by atoms with Crippen molar-refractivity contribution in [3.05, 3.63) is 60.4 Å². The lowest BCUT2D eigenvalue weighted by atomic mass is 9.94. The van der Waals surface area contributed by atoms with Crippen molar-refractivity contribution < 1.29 is 8.81 Å². The summed E-state index contributed by atoms with van der Waals surface area (Å²) in [5.41, 5.74) is 10.9. The third kappa shape index (κ3) is 2.17. The number of hydrogen-bond donors (Lipinski definition) is 2. The quantitative estimate of drug-likeness (QED) is 0.535. The lowest BCUT2D eigenvalue weighted by molar-refractivity contribution is 0.567. The van der Waals surface area contributed by atoms with Crippen molar-refractivity contribution in [1.29, 1.82) is 0 Å². The van der Waals surface area contributed by atoms with Crippen molar-refractivity contribution in [1.82, 2.24) is 10.2 Å². The van der Waals surface area contributed by atoms with Crippen LogP contribution in [0.2, 0.25) is 0 Å². The molecule has 0 amide bonds. The first-order valence-corrected chi connectivity index (χ1v) is 7.20. The third-order valence-corrected chi connectivity index (χ3v) is 3.99. The fourth-order valence-electron chi connectivity index (χ4n) is 2.87. The number of nitrogens with one attached hydrogen (secondary N) is 1. The highest BCUT2D eigenvalue weighted by Gasteiger charge is 2.16. The van der Waals surface area contributed by atoms with Crippen molar-refractivity contribution >= 4 is 16.6 Å². The largest absolute Gasteiger partial charge is 0.472 e. The topological polar surface area (TPSA) is 67.8 Å². The highest BCUT2D eigenvalue weighted by atomic mass is 19.1. The molecule has 0 aliphatic rings. The number of fused-ring (bicyclic) bond motifs is 1. The van der Waals surface area contributed by atoms with Crippen LogP contribution in [0.4, 0.5) is 10.1 Å².